The van der Waals surface area contributed by atoms with E-state index in [0.29, 0.717) is 27.1 Å². The van der Waals surface area contributed by atoms with Crippen LogP contribution in [0.3, 0.4) is 0 Å². The van der Waals surface area contributed by atoms with Crippen molar-refractivity contribution in [2.45, 2.75) is 6.61 Å². The Morgan fingerprint density at radius 2 is 2.00 bits per heavy atom. The Balaban J connectivity index is 2.26. The summed E-state index contributed by atoms with van der Waals surface area (Å²) in [7, 11) is 1.52. The van der Waals surface area contributed by atoms with Gasteiger partial charge in [-0.05, 0) is 30.3 Å². The van der Waals surface area contributed by atoms with E-state index >= 15 is 0 Å². The van der Waals surface area contributed by atoms with Crippen molar-refractivity contribution in [1.29, 1.82) is 0 Å². The molecule has 104 valence electrons. The summed E-state index contributed by atoms with van der Waals surface area (Å²) in [6, 6.07) is 10.2. The SMILES string of the molecule is COc1cccc(C=O)c1OCc1cc(Cl)ccc1Cl. The third kappa shape index (κ3) is 3.24. The predicted octanol–water partition coefficient (Wildman–Crippen LogP) is 4.39. The van der Waals surface area contributed by atoms with Crippen LogP contribution in [0.2, 0.25) is 10.0 Å². The molecule has 0 aliphatic heterocycles. The number of carbonyl (C=O) groups excluding carboxylic acids is 1. The van der Waals surface area contributed by atoms with E-state index in [2.05, 4.69) is 0 Å². The first-order chi connectivity index (χ1) is 9.65. The summed E-state index contributed by atoms with van der Waals surface area (Å²) in [6.45, 7) is 0.195. The van der Waals surface area contributed by atoms with E-state index in [1.165, 1.54) is 7.11 Å². The zero-order chi connectivity index (χ0) is 14.5. The van der Waals surface area contributed by atoms with Crippen molar-refractivity contribution >= 4 is 29.5 Å². The number of ether oxygens (including phenoxy) is 2. The molecule has 0 heterocycles. The molecule has 0 spiro atoms. The molecule has 5 heteroatoms. The standard InChI is InChI=1S/C15H12Cl2O3/c1-19-14-4-2-3-10(8-18)15(14)20-9-11-7-12(16)5-6-13(11)17/h2-8H,9H2,1H3. The Bertz CT molecular complexity index is 627. The smallest absolute Gasteiger partial charge is 0.172 e. The lowest BCUT2D eigenvalue weighted by Crippen LogP contribution is -2.01. The molecular formula is C15H12Cl2O3. The first-order valence-electron chi connectivity index (χ1n) is 5.84. The summed E-state index contributed by atoms with van der Waals surface area (Å²) < 4.78 is 10.9. The maximum absolute atomic E-state index is 11.0. The fourth-order valence-electron chi connectivity index (χ4n) is 1.74. The van der Waals surface area contributed by atoms with Crippen molar-refractivity contribution in [3.8, 4) is 11.5 Å². The number of halogens is 2. The van der Waals surface area contributed by atoms with Crippen LogP contribution in [0.25, 0.3) is 0 Å². The van der Waals surface area contributed by atoms with Crippen LogP contribution in [0.4, 0.5) is 0 Å². The quantitative estimate of drug-likeness (QED) is 0.768. The zero-order valence-electron chi connectivity index (χ0n) is 10.7. The third-order valence-electron chi connectivity index (χ3n) is 2.74. The average Bonchev–Trinajstić information content (AvgIpc) is 2.47. The number of benzene rings is 2. The van der Waals surface area contributed by atoms with Gasteiger partial charge in [0.25, 0.3) is 0 Å². The lowest BCUT2D eigenvalue weighted by Gasteiger charge is -2.13. The van der Waals surface area contributed by atoms with Gasteiger partial charge in [0.05, 0.1) is 12.7 Å². The molecule has 3 nitrogen and oxygen atoms in total. The molecule has 0 saturated heterocycles. The van der Waals surface area contributed by atoms with Gasteiger partial charge in [-0.2, -0.15) is 0 Å². The number of aldehydes is 1. The highest BCUT2D eigenvalue weighted by Gasteiger charge is 2.11. The highest BCUT2D eigenvalue weighted by atomic mass is 35.5. The predicted molar refractivity (Wildman–Crippen MR) is 79.2 cm³/mol. The van der Waals surface area contributed by atoms with E-state index in [9.17, 15) is 4.79 Å². The molecule has 2 rings (SSSR count). The van der Waals surface area contributed by atoms with Crippen molar-refractivity contribution in [1.82, 2.24) is 0 Å². The normalized spacial score (nSPS) is 10.2. The number of hydrogen-bond acceptors (Lipinski definition) is 3. The van der Waals surface area contributed by atoms with E-state index in [1.54, 1.807) is 36.4 Å². The van der Waals surface area contributed by atoms with E-state index in [4.69, 9.17) is 32.7 Å². The van der Waals surface area contributed by atoms with E-state index < -0.39 is 0 Å². The number of rotatable bonds is 5. The average molecular weight is 311 g/mol. The molecule has 0 unspecified atom stereocenters. The van der Waals surface area contributed by atoms with Crippen LogP contribution in [-0.4, -0.2) is 13.4 Å². The van der Waals surface area contributed by atoms with Crippen LogP contribution in [0.15, 0.2) is 36.4 Å². The zero-order valence-corrected chi connectivity index (χ0v) is 12.2. The van der Waals surface area contributed by atoms with Crippen LogP contribution in [0.5, 0.6) is 11.5 Å². The van der Waals surface area contributed by atoms with Gasteiger partial charge in [0, 0.05) is 15.6 Å². The fraction of sp³-hybridized carbons (Fsp3) is 0.133. The Morgan fingerprint density at radius 3 is 2.70 bits per heavy atom. The largest absolute Gasteiger partial charge is 0.493 e. The second kappa shape index (κ2) is 6.64. The van der Waals surface area contributed by atoms with Gasteiger partial charge in [0.1, 0.15) is 6.61 Å². The van der Waals surface area contributed by atoms with E-state index in [0.717, 1.165) is 11.8 Å². The molecule has 2 aromatic carbocycles. The van der Waals surface area contributed by atoms with Gasteiger partial charge in [-0.1, -0.05) is 29.3 Å². The molecule has 0 radical (unpaired) electrons. The number of carbonyl (C=O) groups is 1. The Hall–Kier alpha value is -1.71. The van der Waals surface area contributed by atoms with Gasteiger partial charge in [-0.25, -0.2) is 0 Å². The van der Waals surface area contributed by atoms with Gasteiger partial charge in [-0.15, -0.1) is 0 Å². The summed E-state index contributed by atoms with van der Waals surface area (Å²) in [5.74, 6) is 0.883. The van der Waals surface area contributed by atoms with Crippen LogP contribution in [0.1, 0.15) is 15.9 Å². The summed E-state index contributed by atoms with van der Waals surface area (Å²) in [4.78, 5) is 11.0. The van der Waals surface area contributed by atoms with Crippen molar-refractivity contribution in [2.24, 2.45) is 0 Å². The topological polar surface area (TPSA) is 35.5 Å². The highest BCUT2D eigenvalue weighted by molar-refractivity contribution is 6.33. The van der Waals surface area contributed by atoms with Gasteiger partial charge < -0.3 is 9.47 Å². The number of hydrogen-bond donors (Lipinski definition) is 0. The highest BCUT2D eigenvalue weighted by Crippen LogP contribution is 2.31. The lowest BCUT2D eigenvalue weighted by atomic mass is 10.2. The van der Waals surface area contributed by atoms with Crippen LogP contribution < -0.4 is 9.47 Å². The van der Waals surface area contributed by atoms with Gasteiger partial charge >= 0.3 is 0 Å². The van der Waals surface area contributed by atoms with Crippen molar-refractivity contribution < 1.29 is 14.3 Å². The summed E-state index contributed by atoms with van der Waals surface area (Å²) in [5.41, 5.74) is 1.16. The number of methoxy groups -OCH3 is 1. The molecule has 0 fully saturated rings. The van der Waals surface area contributed by atoms with E-state index in [1.807, 2.05) is 0 Å². The van der Waals surface area contributed by atoms with Crippen LogP contribution in [0, 0.1) is 0 Å². The summed E-state index contributed by atoms with van der Waals surface area (Å²) >= 11 is 12.0. The maximum Gasteiger partial charge on any atom is 0.172 e. The number of para-hydroxylation sites is 1. The Kier molecular flexibility index (Phi) is 4.88. The van der Waals surface area contributed by atoms with Crippen LogP contribution >= 0.6 is 23.2 Å². The second-order valence-corrected chi connectivity index (χ2v) is 4.86. The van der Waals surface area contributed by atoms with Gasteiger partial charge in [0.15, 0.2) is 17.8 Å². The van der Waals surface area contributed by atoms with Crippen molar-refractivity contribution in [3.63, 3.8) is 0 Å². The first kappa shape index (κ1) is 14.7. The van der Waals surface area contributed by atoms with Crippen LogP contribution in [-0.2, 0) is 6.61 Å². The molecular weight excluding hydrogens is 299 g/mol. The molecule has 0 saturated carbocycles. The summed E-state index contributed by atoms with van der Waals surface area (Å²) in [6.07, 6.45) is 0.720. The first-order valence-corrected chi connectivity index (χ1v) is 6.60. The minimum absolute atomic E-state index is 0.195. The lowest BCUT2D eigenvalue weighted by molar-refractivity contribution is 0.111. The maximum atomic E-state index is 11.0. The minimum atomic E-state index is 0.195. The van der Waals surface area contributed by atoms with Gasteiger partial charge in [0.2, 0.25) is 0 Å². The fourth-order valence-corrected chi connectivity index (χ4v) is 2.11. The molecule has 0 aromatic heterocycles. The molecule has 0 N–H and O–H groups in total. The summed E-state index contributed by atoms with van der Waals surface area (Å²) in [5, 5.41) is 1.13. The van der Waals surface area contributed by atoms with Crippen molar-refractivity contribution in [2.75, 3.05) is 7.11 Å². The second-order valence-electron chi connectivity index (χ2n) is 4.02. The molecule has 0 atom stereocenters. The van der Waals surface area contributed by atoms with E-state index in [-0.39, 0.29) is 6.61 Å². The molecule has 0 aliphatic rings. The minimum Gasteiger partial charge on any atom is -0.493 e. The van der Waals surface area contributed by atoms with Crippen molar-refractivity contribution in [3.05, 3.63) is 57.6 Å². The molecule has 2 aromatic rings. The Morgan fingerprint density at radius 1 is 1.20 bits per heavy atom. The third-order valence-corrected chi connectivity index (χ3v) is 3.34. The Labute approximate surface area is 127 Å². The molecule has 20 heavy (non-hydrogen) atoms. The molecule has 0 bridgehead atoms. The monoisotopic (exact) mass is 310 g/mol. The molecule has 0 amide bonds. The molecule has 0 aliphatic carbocycles. The van der Waals surface area contributed by atoms with Gasteiger partial charge in [-0.3, -0.25) is 4.79 Å².